The molecule has 0 bridgehead atoms. The van der Waals surface area contributed by atoms with Crippen LogP contribution in [-0.4, -0.2) is 16.5 Å². The quantitative estimate of drug-likeness (QED) is 0.223. The molecule has 6 aromatic carbocycles. The van der Waals surface area contributed by atoms with Gasteiger partial charge in [-0.05, 0) is 76.0 Å². The second-order valence-electron chi connectivity index (χ2n) is 11.6. The molecule has 212 valence electrons. The summed E-state index contributed by atoms with van der Waals surface area (Å²) in [6, 6.07) is 54.7. The van der Waals surface area contributed by atoms with Crippen molar-refractivity contribution in [3.63, 3.8) is 0 Å². The molecule has 3 nitrogen and oxygen atoms in total. The van der Waals surface area contributed by atoms with Crippen LogP contribution in [0.1, 0.15) is 23.3 Å². The van der Waals surface area contributed by atoms with Crippen molar-refractivity contribution in [2.75, 3.05) is 7.05 Å². The number of para-hydroxylation sites is 2. The van der Waals surface area contributed by atoms with Crippen molar-refractivity contribution in [1.82, 2.24) is 14.8 Å². The van der Waals surface area contributed by atoms with Crippen molar-refractivity contribution in [3.8, 4) is 27.9 Å². The topological polar surface area (TPSA) is 20.2 Å². The molecule has 2 heterocycles. The van der Waals surface area contributed by atoms with Gasteiger partial charge in [0.1, 0.15) is 6.17 Å². The molecule has 0 spiro atoms. The van der Waals surface area contributed by atoms with Crippen LogP contribution in [-0.2, 0) is 0 Å². The number of hydrogen-bond acceptors (Lipinski definition) is 2. The van der Waals surface area contributed by atoms with Crippen molar-refractivity contribution in [1.29, 1.82) is 0 Å². The summed E-state index contributed by atoms with van der Waals surface area (Å²) in [6.45, 7) is 0. The summed E-state index contributed by atoms with van der Waals surface area (Å²) in [5, 5.41) is 6.45. The molecule has 0 aliphatic carbocycles. The molecule has 7 aromatic rings. The molecule has 2 atom stereocenters. The van der Waals surface area contributed by atoms with Gasteiger partial charge in [0.2, 0.25) is 0 Å². The number of rotatable bonds is 5. The minimum Gasteiger partial charge on any atom is -0.361 e. The highest BCUT2D eigenvalue weighted by atomic mass is 15.3. The van der Waals surface area contributed by atoms with E-state index in [1.807, 2.05) is 0 Å². The molecule has 1 aliphatic rings. The first-order valence-corrected chi connectivity index (χ1v) is 15.2. The highest BCUT2D eigenvalue weighted by molar-refractivity contribution is 6.09. The smallest absolute Gasteiger partial charge is 0.106 e. The average Bonchev–Trinajstić information content (AvgIpc) is 3.44. The second kappa shape index (κ2) is 11.0. The lowest BCUT2D eigenvalue weighted by atomic mass is 9.96. The van der Waals surface area contributed by atoms with E-state index in [0.717, 1.165) is 0 Å². The van der Waals surface area contributed by atoms with Gasteiger partial charge in [0.25, 0.3) is 0 Å². The largest absolute Gasteiger partial charge is 0.361 e. The Labute approximate surface area is 258 Å². The highest BCUT2D eigenvalue weighted by Crippen LogP contribution is 2.34. The molecule has 1 N–H and O–H groups in total. The van der Waals surface area contributed by atoms with Crippen molar-refractivity contribution in [2.24, 2.45) is 0 Å². The van der Waals surface area contributed by atoms with Gasteiger partial charge in [-0.1, -0.05) is 121 Å². The van der Waals surface area contributed by atoms with Crippen molar-refractivity contribution in [2.45, 2.75) is 12.2 Å². The van der Waals surface area contributed by atoms with E-state index in [1.54, 1.807) is 0 Å². The normalized spacial score (nSPS) is 16.5. The predicted octanol–water partition coefficient (Wildman–Crippen LogP) is 9.91. The Balaban J connectivity index is 1.06. The van der Waals surface area contributed by atoms with Crippen molar-refractivity contribution >= 4 is 21.8 Å². The fourth-order valence-corrected chi connectivity index (χ4v) is 6.59. The number of aromatic nitrogens is 1. The SMILES string of the molecule is CN1C=CC(c2cccc(-c3ccc(-c4ccccc4)cc3)c2)NC1c1ccc(-n2c3ccccc3c3ccccc32)cc1. The van der Waals surface area contributed by atoms with Crippen molar-refractivity contribution in [3.05, 3.63) is 175 Å². The number of nitrogens with one attached hydrogen (secondary N) is 1. The number of benzene rings is 6. The molecule has 1 aromatic heterocycles. The molecule has 0 amide bonds. The van der Waals surface area contributed by atoms with E-state index in [-0.39, 0.29) is 12.2 Å². The molecule has 0 saturated carbocycles. The predicted molar refractivity (Wildman–Crippen MR) is 184 cm³/mol. The number of fused-ring (bicyclic) bond motifs is 3. The second-order valence-corrected chi connectivity index (χ2v) is 11.6. The van der Waals surface area contributed by atoms with E-state index in [1.165, 1.54) is 60.9 Å². The van der Waals surface area contributed by atoms with Gasteiger partial charge in [-0.15, -0.1) is 0 Å². The Kier molecular flexibility index (Phi) is 6.59. The van der Waals surface area contributed by atoms with Crippen LogP contribution in [0.3, 0.4) is 0 Å². The van der Waals surface area contributed by atoms with Gasteiger partial charge in [0.15, 0.2) is 0 Å². The Bertz CT molecular complexity index is 2050. The van der Waals surface area contributed by atoms with Crippen LogP contribution in [0.4, 0.5) is 0 Å². The Morgan fingerprint density at radius 3 is 1.75 bits per heavy atom. The van der Waals surface area contributed by atoms with Gasteiger partial charge in [-0.25, -0.2) is 0 Å². The third-order valence-electron chi connectivity index (χ3n) is 8.88. The van der Waals surface area contributed by atoms with E-state index in [9.17, 15) is 0 Å². The van der Waals surface area contributed by atoms with Crippen LogP contribution in [0.2, 0.25) is 0 Å². The van der Waals surface area contributed by atoms with Crippen LogP contribution < -0.4 is 5.32 Å². The Morgan fingerprint density at radius 2 is 1.07 bits per heavy atom. The molecule has 8 rings (SSSR count). The first-order chi connectivity index (χ1) is 21.7. The van der Waals surface area contributed by atoms with Crippen LogP contribution in [0.15, 0.2) is 164 Å². The molecule has 44 heavy (non-hydrogen) atoms. The lowest BCUT2D eigenvalue weighted by Gasteiger charge is -2.36. The summed E-state index contributed by atoms with van der Waals surface area (Å²) in [4.78, 5) is 2.25. The van der Waals surface area contributed by atoms with Crippen LogP contribution in [0, 0.1) is 0 Å². The third kappa shape index (κ3) is 4.68. The first kappa shape index (κ1) is 26.3. The van der Waals surface area contributed by atoms with E-state index in [0.29, 0.717) is 0 Å². The van der Waals surface area contributed by atoms with Gasteiger partial charge in [0.05, 0.1) is 17.1 Å². The van der Waals surface area contributed by atoms with Crippen LogP contribution in [0.5, 0.6) is 0 Å². The number of nitrogens with zero attached hydrogens (tertiary/aromatic N) is 2. The summed E-state index contributed by atoms with van der Waals surface area (Å²) in [6.07, 6.45) is 4.51. The average molecular weight is 568 g/mol. The minimum absolute atomic E-state index is 0.0611. The fraction of sp³-hybridized carbons (Fsp3) is 0.0732. The molecular weight excluding hydrogens is 534 g/mol. The van der Waals surface area contributed by atoms with E-state index in [4.69, 9.17) is 0 Å². The zero-order chi connectivity index (χ0) is 29.5. The summed E-state index contributed by atoms with van der Waals surface area (Å²) >= 11 is 0. The van der Waals surface area contributed by atoms with Gasteiger partial charge in [0, 0.05) is 23.5 Å². The molecule has 1 aliphatic heterocycles. The van der Waals surface area contributed by atoms with E-state index >= 15 is 0 Å². The number of hydrogen-bond donors (Lipinski definition) is 1. The third-order valence-corrected chi connectivity index (χ3v) is 8.88. The molecule has 0 radical (unpaired) electrons. The molecule has 0 saturated heterocycles. The van der Waals surface area contributed by atoms with Gasteiger partial charge in [-0.2, -0.15) is 0 Å². The van der Waals surface area contributed by atoms with Gasteiger partial charge < -0.3 is 9.47 Å². The molecule has 0 fully saturated rings. The van der Waals surface area contributed by atoms with Gasteiger partial charge in [-0.3, -0.25) is 5.32 Å². The van der Waals surface area contributed by atoms with Crippen LogP contribution >= 0.6 is 0 Å². The molecule has 3 heteroatoms. The monoisotopic (exact) mass is 567 g/mol. The van der Waals surface area contributed by atoms with E-state index < -0.39 is 0 Å². The summed E-state index contributed by atoms with van der Waals surface area (Å²) < 4.78 is 2.37. The fourth-order valence-electron chi connectivity index (χ4n) is 6.59. The zero-order valence-electron chi connectivity index (χ0n) is 24.6. The van der Waals surface area contributed by atoms with Crippen LogP contribution in [0.25, 0.3) is 49.7 Å². The molecular formula is C41H33N3. The Hall–Kier alpha value is -5.38. The minimum atomic E-state index is 0.0611. The molecule has 2 unspecified atom stereocenters. The van der Waals surface area contributed by atoms with Gasteiger partial charge >= 0.3 is 0 Å². The first-order valence-electron chi connectivity index (χ1n) is 15.2. The zero-order valence-corrected chi connectivity index (χ0v) is 24.6. The lowest BCUT2D eigenvalue weighted by Crippen LogP contribution is -2.38. The summed E-state index contributed by atoms with van der Waals surface area (Å²) in [5.74, 6) is 0. The maximum Gasteiger partial charge on any atom is 0.106 e. The van der Waals surface area contributed by atoms with Crippen molar-refractivity contribution < 1.29 is 0 Å². The van der Waals surface area contributed by atoms with E-state index in [2.05, 4.69) is 186 Å². The standard InChI is InChI=1S/C41H33N3/c1-43-27-26-38(34-13-9-12-33(28-34)31-20-18-30(19-21-31)29-10-3-2-4-11-29)42-41(43)32-22-24-35(25-23-32)44-39-16-7-5-14-36(39)37-15-6-8-17-40(37)44/h2-28,38,41-42H,1H3. The Morgan fingerprint density at radius 1 is 0.500 bits per heavy atom. The summed E-state index contributed by atoms with van der Waals surface area (Å²) in [5.41, 5.74) is 11.0. The lowest BCUT2D eigenvalue weighted by molar-refractivity contribution is 0.247. The maximum absolute atomic E-state index is 3.89. The summed E-state index contributed by atoms with van der Waals surface area (Å²) in [7, 11) is 2.13. The maximum atomic E-state index is 3.89. The highest BCUT2D eigenvalue weighted by Gasteiger charge is 2.24.